The number of nitrogens with zero attached hydrogens (tertiary/aromatic N) is 3. The molecule has 0 aliphatic carbocycles. The van der Waals surface area contributed by atoms with E-state index < -0.39 is 0 Å². The minimum atomic E-state index is -0.231. The smallest absolute Gasteiger partial charge is 0.289 e. The zero-order valence-corrected chi connectivity index (χ0v) is 16.6. The molecular weight excluding hydrogens is 366 g/mol. The molecule has 0 fully saturated rings. The maximum atomic E-state index is 12.6. The Balaban J connectivity index is 1.64. The van der Waals surface area contributed by atoms with Gasteiger partial charge in [0, 0.05) is 14.1 Å². The van der Waals surface area contributed by atoms with Gasteiger partial charge in [-0.2, -0.15) is 5.10 Å². The topological polar surface area (TPSA) is 60.5 Å². The number of amides is 1. The van der Waals surface area contributed by atoms with Gasteiger partial charge in [-0.1, -0.05) is 23.7 Å². The fraction of sp³-hybridized carbons (Fsp3) is 0.300. The number of furan rings is 1. The fourth-order valence-corrected chi connectivity index (χ4v) is 2.91. The molecule has 2 heterocycles. The highest BCUT2D eigenvalue weighted by Crippen LogP contribution is 2.22. The molecule has 3 rings (SSSR count). The van der Waals surface area contributed by atoms with Gasteiger partial charge in [0.05, 0.1) is 23.5 Å². The van der Waals surface area contributed by atoms with E-state index in [0.717, 1.165) is 22.6 Å². The molecule has 3 aromatic rings. The monoisotopic (exact) mass is 387 g/mol. The lowest BCUT2D eigenvalue weighted by Crippen LogP contribution is -2.27. The summed E-state index contributed by atoms with van der Waals surface area (Å²) < 4.78 is 13.1. The minimum absolute atomic E-state index is 0.231. The number of ether oxygens (including phenoxy) is 1. The van der Waals surface area contributed by atoms with Crippen molar-refractivity contribution in [2.45, 2.75) is 27.0 Å². The van der Waals surface area contributed by atoms with E-state index in [2.05, 4.69) is 5.10 Å². The number of aromatic nitrogens is 2. The van der Waals surface area contributed by atoms with E-state index in [0.29, 0.717) is 17.3 Å². The first-order valence-corrected chi connectivity index (χ1v) is 8.93. The third-order valence-electron chi connectivity index (χ3n) is 4.33. The van der Waals surface area contributed by atoms with Crippen molar-refractivity contribution in [2.75, 3.05) is 7.05 Å². The molecule has 0 saturated heterocycles. The lowest BCUT2D eigenvalue weighted by molar-refractivity contribution is 0.0746. The molecular formula is C20H22ClN3O3. The highest BCUT2D eigenvalue weighted by atomic mass is 35.5. The van der Waals surface area contributed by atoms with Gasteiger partial charge in [-0.3, -0.25) is 9.48 Å². The van der Waals surface area contributed by atoms with Crippen molar-refractivity contribution in [3.8, 4) is 5.75 Å². The quantitative estimate of drug-likeness (QED) is 0.638. The second kappa shape index (κ2) is 7.88. The molecule has 0 spiro atoms. The predicted octanol–water partition coefficient (Wildman–Crippen LogP) is 4.13. The Bertz CT molecular complexity index is 942. The second-order valence-corrected chi connectivity index (χ2v) is 6.95. The Hall–Kier alpha value is -2.73. The van der Waals surface area contributed by atoms with Gasteiger partial charge in [0.15, 0.2) is 5.76 Å². The summed E-state index contributed by atoms with van der Waals surface area (Å²) in [5, 5.41) is 4.61. The zero-order valence-electron chi connectivity index (χ0n) is 15.8. The molecule has 27 heavy (non-hydrogen) atoms. The van der Waals surface area contributed by atoms with Crippen LogP contribution < -0.4 is 4.74 Å². The lowest BCUT2D eigenvalue weighted by atomic mass is 10.1. The number of hydrogen-bond donors (Lipinski definition) is 0. The van der Waals surface area contributed by atoms with E-state index in [1.54, 1.807) is 37.1 Å². The van der Waals surface area contributed by atoms with Crippen molar-refractivity contribution in [3.05, 3.63) is 69.9 Å². The van der Waals surface area contributed by atoms with E-state index in [-0.39, 0.29) is 18.3 Å². The Morgan fingerprint density at radius 3 is 2.78 bits per heavy atom. The van der Waals surface area contributed by atoms with Gasteiger partial charge in [-0.25, -0.2) is 0 Å². The molecule has 0 aliphatic heterocycles. The third-order valence-corrected chi connectivity index (χ3v) is 4.65. The van der Waals surface area contributed by atoms with Crippen LogP contribution in [0.5, 0.6) is 5.75 Å². The van der Waals surface area contributed by atoms with Crippen molar-refractivity contribution in [1.82, 2.24) is 14.7 Å². The molecule has 0 N–H and O–H groups in total. The third kappa shape index (κ3) is 4.34. The normalized spacial score (nSPS) is 10.9. The molecule has 142 valence electrons. The van der Waals surface area contributed by atoms with Gasteiger partial charge in [0.2, 0.25) is 0 Å². The Kier molecular flexibility index (Phi) is 5.56. The van der Waals surface area contributed by atoms with Gasteiger partial charge < -0.3 is 14.1 Å². The van der Waals surface area contributed by atoms with Crippen LogP contribution in [0.2, 0.25) is 5.02 Å². The van der Waals surface area contributed by atoms with Crippen LogP contribution in [-0.4, -0.2) is 27.6 Å². The molecule has 0 saturated carbocycles. The van der Waals surface area contributed by atoms with Crippen LogP contribution in [0.3, 0.4) is 0 Å². The number of aryl methyl sites for hydroxylation is 3. The van der Waals surface area contributed by atoms with Crippen LogP contribution in [0.15, 0.2) is 40.9 Å². The maximum Gasteiger partial charge on any atom is 0.289 e. The second-order valence-electron chi connectivity index (χ2n) is 6.55. The summed E-state index contributed by atoms with van der Waals surface area (Å²) in [5.74, 6) is 1.43. The summed E-state index contributed by atoms with van der Waals surface area (Å²) in [7, 11) is 3.48. The average molecular weight is 388 g/mol. The molecule has 1 aromatic carbocycles. The number of rotatable bonds is 6. The Labute approximate surface area is 163 Å². The summed E-state index contributed by atoms with van der Waals surface area (Å²) in [6, 6.07) is 9.45. The summed E-state index contributed by atoms with van der Waals surface area (Å²) in [4.78, 5) is 14.1. The molecule has 2 aromatic heterocycles. The summed E-state index contributed by atoms with van der Waals surface area (Å²) in [5.41, 5.74) is 2.94. The van der Waals surface area contributed by atoms with E-state index in [1.807, 2.05) is 32.0 Å². The number of benzene rings is 1. The van der Waals surface area contributed by atoms with E-state index in [1.165, 1.54) is 4.90 Å². The van der Waals surface area contributed by atoms with Gasteiger partial charge in [-0.15, -0.1) is 0 Å². The fourth-order valence-electron chi connectivity index (χ4n) is 2.68. The molecule has 6 nitrogen and oxygen atoms in total. The van der Waals surface area contributed by atoms with Crippen LogP contribution in [0.25, 0.3) is 0 Å². The van der Waals surface area contributed by atoms with E-state index in [9.17, 15) is 4.79 Å². The van der Waals surface area contributed by atoms with E-state index >= 15 is 0 Å². The molecule has 1 amide bonds. The van der Waals surface area contributed by atoms with Gasteiger partial charge in [-0.05, 0) is 43.2 Å². The summed E-state index contributed by atoms with van der Waals surface area (Å²) in [6.45, 7) is 4.60. The highest BCUT2D eigenvalue weighted by molar-refractivity contribution is 6.31. The van der Waals surface area contributed by atoms with Crippen molar-refractivity contribution in [3.63, 3.8) is 0 Å². The number of carbonyl (C=O) groups excluding carboxylic acids is 1. The summed E-state index contributed by atoms with van der Waals surface area (Å²) >= 11 is 6.11. The number of halogens is 1. The van der Waals surface area contributed by atoms with E-state index in [4.69, 9.17) is 20.8 Å². The molecule has 0 atom stereocenters. The van der Waals surface area contributed by atoms with Crippen LogP contribution in [0.1, 0.15) is 33.1 Å². The highest BCUT2D eigenvalue weighted by Gasteiger charge is 2.19. The minimum Gasteiger partial charge on any atom is -0.485 e. The first-order chi connectivity index (χ1) is 12.8. The number of carbonyl (C=O) groups is 1. The number of hydrogen-bond acceptors (Lipinski definition) is 4. The van der Waals surface area contributed by atoms with Crippen molar-refractivity contribution < 1.29 is 13.9 Å². The first kappa shape index (κ1) is 19.0. The van der Waals surface area contributed by atoms with Crippen LogP contribution in [0, 0.1) is 13.8 Å². The van der Waals surface area contributed by atoms with Gasteiger partial charge in [0.25, 0.3) is 5.91 Å². The SMILES string of the molecule is Cc1ccc(C)c(OCc2ccc(C(=O)N(C)Cc3c(Cl)cnn3C)o2)c1. The Morgan fingerprint density at radius 1 is 1.30 bits per heavy atom. The van der Waals surface area contributed by atoms with Gasteiger partial charge >= 0.3 is 0 Å². The van der Waals surface area contributed by atoms with Crippen LogP contribution in [-0.2, 0) is 20.2 Å². The zero-order chi connectivity index (χ0) is 19.6. The predicted molar refractivity (Wildman–Crippen MR) is 103 cm³/mol. The molecule has 0 bridgehead atoms. The van der Waals surface area contributed by atoms with Gasteiger partial charge in [0.1, 0.15) is 18.1 Å². The maximum absolute atomic E-state index is 12.6. The van der Waals surface area contributed by atoms with Crippen LogP contribution >= 0.6 is 11.6 Å². The molecule has 0 aliphatic rings. The average Bonchev–Trinajstić information content (AvgIpc) is 3.24. The van der Waals surface area contributed by atoms with Crippen LogP contribution in [0.4, 0.5) is 0 Å². The Morgan fingerprint density at radius 2 is 2.07 bits per heavy atom. The summed E-state index contributed by atoms with van der Waals surface area (Å²) in [6.07, 6.45) is 1.56. The lowest BCUT2D eigenvalue weighted by Gasteiger charge is -2.16. The first-order valence-electron chi connectivity index (χ1n) is 8.55. The largest absolute Gasteiger partial charge is 0.485 e. The molecule has 7 heteroatoms. The van der Waals surface area contributed by atoms with Crippen molar-refractivity contribution in [2.24, 2.45) is 7.05 Å². The standard InChI is InChI=1S/C20H22ClN3O3/c1-13-5-6-14(2)19(9-13)26-12-15-7-8-18(27-15)20(25)23(3)11-17-16(21)10-22-24(17)4/h5-10H,11-12H2,1-4H3. The van der Waals surface area contributed by atoms with Crippen molar-refractivity contribution >= 4 is 17.5 Å². The molecule has 0 unspecified atom stereocenters. The molecule has 0 radical (unpaired) electrons. The van der Waals surface area contributed by atoms with Crippen molar-refractivity contribution in [1.29, 1.82) is 0 Å².